The fourth-order valence-corrected chi connectivity index (χ4v) is 3.61. The molecule has 1 fully saturated rings. The Labute approximate surface area is 149 Å². The largest absolute Gasteiger partial charge is 0.382 e. The van der Waals surface area contributed by atoms with Crippen LogP contribution < -0.4 is 10.7 Å². The van der Waals surface area contributed by atoms with Crippen LogP contribution in [0.4, 0.5) is 0 Å². The first kappa shape index (κ1) is 18.6. The van der Waals surface area contributed by atoms with Gasteiger partial charge in [0.05, 0.1) is 16.1 Å². The van der Waals surface area contributed by atoms with Crippen molar-refractivity contribution in [2.45, 2.75) is 52.0 Å². The number of rotatable bonds is 3. The van der Waals surface area contributed by atoms with Crippen molar-refractivity contribution < 1.29 is 0 Å². The van der Waals surface area contributed by atoms with Crippen LogP contribution in [-0.2, 0) is 7.05 Å². The molecular formula is C20H27ClN2O. The second-order valence-corrected chi connectivity index (χ2v) is 6.48. The van der Waals surface area contributed by atoms with E-state index in [1.807, 2.05) is 43.8 Å². The minimum atomic E-state index is -0.0103. The lowest BCUT2D eigenvalue weighted by atomic mass is 9.95. The predicted octanol–water partition coefficient (Wildman–Crippen LogP) is 5.11. The standard InChI is InChI=1S/C18H21ClN2O.C2H6/c1-12(20-13-7-4-3-5-8-13)15-11-21(2)17-14(18(15)22)9-6-10-16(17)19;1-2/h6,9-11,13,20H,1,3-5,7-8H2,2H3;1-2H3. The van der Waals surface area contributed by atoms with Crippen LogP contribution in [0.5, 0.6) is 0 Å². The lowest BCUT2D eigenvalue weighted by molar-refractivity contribution is 0.409. The molecule has 0 amide bonds. The molecule has 4 heteroatoms. The number of benzene rings is 1. The Bertz CT molecular complexity index is 773. The number of para-hydroxylation sites is 1. The molecule has 1 N–H and O–H groups in total. The Morgan fingerprint density at radius 1 is 1.25 bits per heavy atom. The van der Waals surface area contributed by atoms with Crippen LogP contribution in [0.3, 0.4) is 0 Å². The van der Waals surface area contributed by atoms with Gasteiger partial charge < -0.3 is 9.88 Å². The summed E-state index contributed by atoms with van der Waals surface area (Å²) < 4.78 is 1.90. The van der Waals surface area contributed by atoms with Crippen LogP contribution in [0.2, 0.25) is 5.02 Å². The summed E-state index contributed by atoms with van der Waals surface area (Å²) in [6.45, 7) is 8.09. The molecule has 1 heterocycles. The SMILES string of the molecule is C=C(NC1CCCCC1)c1cn(C)c2c(Cl)cccc2c1=O.CC. The first-order valence-corrected chi connectivity index (χ1v) is 9.19. The Kier molecular flexibility index (Phi) is 6.50. The maximum absolute atomic E-state index is 12.7. The lowest BCUT2D eigenvalue weighted by Crippen LogP contribution is -2.31. The third-order valence-electron chi connectivity index (χ3n) is 4.46. The van der Waals surface area contributed by atoms with Gasteiger partial charge in [-0.3, -0.25) is 4.79 Å². The molecule has 1 aliphatic rings. The first-order chi connectivity index (χ1) is 11.6. The van der Waals surface area contributed by atoms with Crippen molar-refractivity contribution in [2.75, 3.05) is 0 Å². The molecule has 0 radical (unpaired) electrons. The maximum atomic E-state index is 12.7. The van der Waals surface area contributed by atoms with Crippen molar-refractivity contribution in [3.05, 3.63) is 51.8 Å². The highest BCUT2D eigenvalue weighted by molar-refractivity contribution is 6.35. The van der Waals surface area contributed by atoms with E-state index in [4.69, 9.17) is 11.6 Å². The van der Waals surface area contributed by atoms with Crippen molar-refractivity contribution in [3.63, 3.8) is 0 Å². The molecule has 0 saturated heterocycles. The highest BCUT2D eigenvalue weighted by Gasteiger charge is 2.17. The minimum Gasteiger partial charge on any atom is -0.382 e. The summed E-state index contributed by atoms with van der Waals surface area (Å²) in [7, 11) is 1.91. The fourth-order valence-electron chi connectivity index (χ4n) is 3.30. The summed E-state index contributed by atoms with van der Waals surface area (Å²) in [6.07, 6.45) is 7.93. The number of nitrogens with zero attached hydrogens (tertiary/aromatic N) is 1. The Morgan fingerprint density at radius 2 is 1.92 bits per heavy atom. The third kappa shape index (κ3) is 3.84. The van der Waals surface area contributed by atoms with E-state index in [1.165, 1.54) is 19.3 Å². The maximum Gasteiger partial charge on any atom is 0.198 e. The molecule has 2 aromatic rings. The molecule has 1 aliphatic carbocycles. The number of aryl methyl sites for hydroxylation is 1. The van der Waals surface area contributed by atoms with E-state index in [0.717, 1.165) is 24.1 Å². The molecule has 24 heavy (non-hydrogen) atoms. The van der Waals surface area contributed by atoms with Gasteiger partial charge in [-0.2, -0.15) is 0 Å². The first-order valence-electron chi connectivity index (χ1n) is 8.81. The predicted molar refractivity (Wildman–Crippen MR) is 105 cm³/mol. The highest BCUT2D eigenvalue weighted by atomic mass is 35.5. The zero-order valence-corrected chi connectivity index (χ0v) is 15.6. The number of aromatic nitrogens is 1. The topological polar surface area (TPSA) is 34.0 Å². The van der Waals surface area contributed by atoms with Crippen LogP contribution in [0.1, 0.15) is 51.5 Å². The number of halogens is 1. The van der Waals surface area contributed by atoms with Crippen molar-refractivity contribution in [1.82, 2.24) is 9.88 Å². The Morgan fingerprint density at radius 3 is 2.58 bits per heavy atom. The van der Waals surface area contributed by atoms with E-state index in [1.54, 1.807) is 6.07 Å². The van der Waals surface area contributed by atoms with Gasteiger partial charge in [-0.05, 0) is 25.0 Å². The van der Waals surface area contributed by atoms with Gasteiger partial charge in [-0.15, -0.1) is 0 Å². The number of pyridine rings is 1. The summed E-state index contributed by atoms with van der Waals surface area (Å²) in [5, 5.41) is 4.67. The molecule has 130 valence electrons. The number of hydrogen-bond acceptors (Lipinski definition) is 2. The molecule has 3 rings (SSSR count). The van der Waals surface area contributed by atoms with Gasteiger partial charge in [0, 0.05) is 30.4 Å². The van der Waals surface area contributed by atoms with Gasteiger partial charge in [0.15, 0.2) is 5.43 Å². The summed E-state index contributed by atoms with van der Waals surface area (Å²) in [6, 6.07) is 5.87. The van der Waals surface area contributed by atoms with Crippen molar-refractivity contribution >= 4 is 28.2 Å². The number of hydrogen-bond donors (Lipinski definition) is 1. The van der Waals surface area contributed by atoms with E-state index in [-0.39, 0.29) is 5.43 Å². The number of nitrogens with one attached hydrogen (secondary N) is 1. The molecule has 0 unspecified atom stereocenters. The van der Waals surface area contributed by atoms with E-state index >= 15 is 0 Å². The van der Waals surface area contributed by atoms with Gasteiger partial charge >= 0.3 is 0 Å². The zero-order chi connectivity index (χ0) is 17.7. The molecule has 0 atom stereocenters. The van der Waals surface area contributed by atoms with Crippen LogP contribution in [0.25, 0.3) is 16.6 Å². The van der Waals surface area contributed by atoms with E-state index in [2.05, 4.69) is 11.9 Å². The fraction of sp³-hybridized carbons (Fsp3) is 0.450. The second kappa shape index (κ2) is 8.39. The summed E-state index contributed by atoms with van der Waals surface area (Å²) in [4.78, 5) is 12.7. The van der Waals surface area contributed by atoms with Gasteiger partial charge in [0.2, 0.25) is 0 Å². The Balaban J connectivity index is 0.00000100. The third-order valence-corrected chi connectivity index (χ3v) is 4.77. The highest BCUT2D eigenvalue weighted by Crippen LogP contribution is 2.23. The van der Waals surface area contributed by atoms with Crippen LogP contribution in [-0.4, -0.2) is 10.6 Å². The van der Waals surface area contributed by atoms with E-state index in [9.17, 15) is 4.79 Å². The van der Waals surface area contributed by atoms with E-state index in [0.29, 0.717) is 22.0 Å². The quantitative estimate of drug-likeness (QED) is 0.837. The molecule has 1 aromatic heterocycles. The molecule has 0 spiro atoms. The molecule has 1 saturated carbocycles. The molecule has 1 aromatic carbocycles. The van der Waals surface area contributed by atoms with Gasteiger partial charge in [0.25, 0.3) is 0 Å². The number of fused-ring (bicyclic) bond motifs is 1. The van der Waals surface area contributed by atoms with Crippen molar-refractivity contribution in [1.29, 1.82) is 0 Å². The monoisotopic (exact) mass is 346 g/mol. The normalized spacial score (nSPS) is 14.8. The van der Waals surface area contributed by atoms with Crippen LogP contribution in [0.15, 0.2) is 35.8 Å². The average molecular weight is 347 g/mol. The second-order valence-electron chi connectivity index (χ2n) is 6.08. The minimum absolute atomic E-state index is 0.0103. The molecule has 0 aliphatic heterocycles. The summed E-state index contributed by atoms with van der Waals surface area (Å²) >= 11 is 6.22. The lowest BCUT2D eigenvalue weighted by Gasteiger charge is -2.25. The van der Waals surface area contributed by atoms with Gasteiger partial charge in [-0.1, -0.05) is 57.4 Å². The summed E-state index contributed by atoms with van der Waals surface area (Å²) in [5.74, 6) is 0. The molecule has 3 nitrogen and oxygen atoms in total. The van der Waals surface area contributed by atoms with E-state index < -0.39 is 0 Å². The van der Waals surface area contributed by atoms with Crippen molar-refractivity contribution in [2.24, 2.45) is 7.05 Å². The molecular weight excluding hydrogens is 320 g/mol. The van der Waals surface area contributed by atoms with Gasteiger partial charge in [0.1, 0.15) is 0 Å². The smallest absolute Gasteiger partial charge is 0.198 e. The van der Waals surface area contributed by atoms with Gasteiger partial charge in [-0.25, -0.2) is 0 Å². The van der Waals surface area contributed by atoms with Crippen LogP contribution >= 0.6 is 11.6 Å². The molecule has 0 bridgehead atoms. The Hall–Kier alpha value is -1.74. The van der Waals surface area contributed by atoms with Crippen molar-refractivity contribution in [3.8, 4) is 0 Å². The average Bonchev–Trinajstić information content (AvgIpc) is 2.60. The van der Waals surface area contributed by atoms with Crippen LogP contribution in [0, 0.1) is 0 Å². The summed E-state index contributed by atoms with van der Waals surface area (Å²) in [5.41, 5.74) is 2.10. The zero-order valence-electron chi connectivity index (χ0n) is 14.9.